The highest BCUT2D eigenvalue weighted by Gasteiger charge is 2.40. The second-order valence-electron chi connectivity index (χ2n) is 7.74. The number of aliphatic hydroxyl groups is 1. The summed E-state index contributed by atoms with van der Waals surface area (Å²) in [7, 11) is 2.32. The summed E-state index contributed by atoms with van der Waals surface area (Å²) >= 11 is 0. The second kappa shape index (κ2) is 11.2. The normalized spacial score (nSPS) is 34.4. The van der Waals surface area contributed by atoms with Gasteiger partial charge in [0.25, 0.3) is 0 Å². The average molecular weight is 376 g/mol. The Kier molecular flexibility index (Phi) is 9.02. The van der Waals surface area contributed by atoms with E-state index in [0.29, 0.717) is 29.8 Å². The fourth-order valence-electron chi connectivity index (χ4n) is 4.96. The monoisotopic (exact) mass is 376 g/mol. The van der Waals surface area contributed by atoms with Crippen molar-refractivity contribution in [2.75, 3.05) is 6.61 Å². The Bertz CT molecular complexity index is 391. The Morgan fingerprint density at radius 1 is 1.25 bits per heavy atom. The van der Waals surface area contributed by atoms with Crippen molar-refractivity contribution in [3.8, 4) is 0 Å². The van der Waals surface area contributed by atoms with Crippen molar-refractivity contribution in [1.82, 2.24) is 0 Å². The van der Waals surface area contributed by atoms with Crippen molar-refractivity contribution in [3.05, 3.63) is 12.2 Å². The summed E-state index contributed by atoms with van der Waals surface area (Å²) < 4.78 is 19.1. The van der Waals surface area contributed by atoms with E-state index in [1.54, 1.807) is 0 Å². The Hall–Kier alpha value is 0.480. The fourth-order valence-corrected chi connectivity index (χ4v) is 5.59. The summed E-state index contributed by atoms with van der Waals surface area (Å²) in [5, 5.41) is 9.01. The molecule has 2 rings (SSSR count). The summed E-state index contributed by atoms with van der Waals surface area (Å²) in [6.45, 7) is 2.43. The van der Waals surface area contributed by atoms with Gasteiger partial charge in [-0.2, -0.15) is 0 Å². The van der Waals surface area contributed by atoms with Gasteiger partial charge in [0, 0.05) is 18.9 Å². The van der Waals surface area contributed by atoms with Gasteiger partial charge in [0.1, 0.15) is 0 Å². The zero-order valence-electron chi connectivity index (χ0n) is 16.0. The lowest BCUT2D eigenvalue weighted by Gasteiger charge is -2.31. The number of hydrogen-bond donors (Lipinski definition) is 1. The summed E-state index contributed by atoms with van der Waals surface area (Å²) in [6.07, 6.45) is 15.5. The maximum absolute atomic E-state index is 9.01. The highest BCUT2D eigenvalue weighted by atomic mass is 31.0. The van der Waals surface area contributed by atoms with E-state index < -0.39 is 0 Å². The molecule has 0 aromatic rings. The molecule has 0 amide bonds. The largest absolute Gasteiger partial charge is 0.392 e. The van der Waals surface area contributed by atoms with Crippen LogP contribution in [0.5, 0.6) is 0 Å². The Morgan fingerprint density at radius 3 is 2.71 bits per heavy atom. The van der Waals surface area contributed by atoms with Gasteiger partial charge in [-0.25, -0.2) is 0 Å². The van der Waals surface area contributed by atoms with Gasteiger partial charge in [-0.15, -0.1) is 0 Å². The van der Waals surface area contributed by atoms with Crippen molar-refractivity contribution in [2.45, 2.75) is 76.9 Å². The van der Waals surface area contributed by atoms with Gasteiger partial charge >= 0.3 is 0 Å². The summed E-state index contributed by atoms with van der Waals surface area (Å²) in [6, 6.07) is 0. The minimum absolute atomic E-state index is 0.116. The van der Waals surface area contributed by atoms with E-state index in [-0.39, 0.29) is 22.1 Å². The van der Waals surface area contributed by atoms with Crippen LogP contribution in [0.1, 0.15) is 64.7 Å². The van der Waals surface area contributed by atoms with Crippen LogP contribution in [-0.4, -0.2) is 25.2 Å². The second-order valence-corrected chi connectivity index (χ2v) is 8.24. The first-order chi connectivity index (χ1) is 12.2. The molecule has 2 saturated carbocycles. The molecule has 0 heterocycles. The minimum atomic E-state index is -0.180. The van der Waals surface area contributed by atoms with Crippen molar-refractivity contribution in [1.29, 1.82) is 1.28 Å². The SMILES string of the molecule is [3H]PO[C@@H]1C[C@H](C)[C@H](C/C=C\CO)[C@H]1CC[C@@H](OP)C1CCCCC1. The van der Waals surface area contributed by atoms with Crippen LogP contribution in [-0.2, 0) is 9.05 Å². The molecule has 1 N–H and O–H groups in total. The molecule has 24 heavy (non-hydrogen) atoms. The molecule has 0 spiro atoms. The quantitative estimate of drug-likeness (QED) is 0.435. The number of aliphatic hydroxyl groups excluding tert-OH is 1. The van der Waals surface area contributed by atoms with Crippen LogP contribution in [0.15, 0.2) is 12.2 Å². The van der Waals surface area contributed by atoms with Gasteiger partial charge in [-0.3, -0.25) is 0 Å². The standard InChI is InChI=1S/C19H36O3P2/c1-14-13-19(22-24)17(16(14)9-5-6-12-20)10-11-18(21-23)15-7-3-2-4-8-15/h5-6,14-20H,2-4,7-13,23-24H2,1H3/b6-5-/t14-,16-,17+,18+,19+/m0/s1/i24T/t14-,16-,17+,18+,19+,24?. The lowest BCUT2D eigenvalue weighted by atomic mass is 9.80. The minimum Gasteiger partial charge on any atom is -0.392 e. The van der Waals surface area contributed by atoms with Crippen molar-refractivity contribution >= 4 is 18.9 Å². The van der Waals surface area contributed by atoms with Gasteiger partial charge in [0.2, 0.25) is 0 Å². The molecule has 140 valence electrons. The molecule has 2 aliphatic carbocycles. The van der Waals surface area contributed by atoms with Crippen LogP contribution in [0.4, 0.5) is 0 Å². The molecule has 0 radical (unpaired) electrons. The molecular weight excluding hydrogens is 338 g/mol. The fraction of sp³-hybridized carbons (Fsp3) is 0.895. The van der Waals surface area contributed by atoms with E-state index in [1.807, 2.05) is 6.08 Å². The first kappa shape index (κ1) is 19.2. The van der Waals surface area contributed by atoms with Crippen LogP contribution in [0.2, 0.25) is 0 Å². The molecule has 2 aliphatic rings. The summed E-state index contributed by atoms with van der Waals surface area (Å²) in [5.41, 5.74) is 0. The van der Waals surface area contributed by atoms with Crippen LogP contribution in [0.25, 0.3) is 0 Å². The molecule has 0 bridgehead atoms. The van der Waals surface area contributed by atoms with E-state index in [9.17, 15) is 0 Å². The maximum atomic E-state index is 9.01. The van der Waals surface area contributed by atoms with E-state index in [2.05, 4.69) is 22.5 Å². The molecule has 7 atom stereocenters. The van der Waals surface area contributed by atoms with Gasteiger partial charge < -0.3 is 14.2 Å². The number of rotatable bonds is 10. The van der Waals surface area contributed by atoms with Crippen molar-refractivity contribution in [3.63, 3.8) is 0 Å². The van der Waals surface area contributed by atoms with Crippen LogP contribution >= 0.6 is 18.9 Å². The zero-order chi connectivity index (χ0) is 18.1. The molecule has 0 aromatic carbocycles. The Labute approximate surface area is 154 Å². The highest BCUT2D eigenvalue weighted by Crippen LogP contribution is 2.45. The van der Waals surface area contributed by atoms with E-state index >= 15 is 0 Å². The third-order valence-electron chi connectivity index (χ3n) is 6.33. The number of hydrogen-bond acceptors (Lipinski definition) is 3. The van der Waals surface area contributed by atoms with Gasteiger partial charge in [-0.1, -0.05) is 38.3 Å². The summed E-state index contributed by atoms with van der Waals surface area (Å²) in [5.74, 6) is 2.40. The van der Waals surface area contributed by atoms with E-state index in [0.717, 1.165) is 25.7 Å². The Balaban J connectivity index is 1.95. The average Bonchev–Trinajstić information content (AvgIpc) is 2.92. The van der Waals surface area contributed by atoms with Gasteiger partial charge in [-0.05, 0) is 62.2 Å². The first-order valence-corrected chi connectivity index (χ1v) is 10.5. The van der Waals surface area contributed by atoms with Crippen molar-refractivity contribution < 1.29 is 14.2 Å². The lowest BCUT2D eigenvalue weighted by molar-refractivity contribution is 0.0933. The molecule has 2 unspecified atom stereocenters. The molecule has 3 nitrogen and oxygen atoms in total. The predicted octanol–water partition coefficient (Wildman–Crippen LogP) is 4.91. The highest BCUT2D eigenvalue weighted by molar-refractivity contribution is 7.10. The third kappa shape index (κ3) is 5.75. The maximum Gasteiger partial charge on any atom is 0.0851 e. The molecule has 0 saturated heterocycles. The van der Waals surface area contributed by atoms with Crippen LogP contribution in [0.3, 0.4) is 0 Å². The van der Waals surface area contributed by atoms with Crippen molar-refractivity contribution in [2.24, 2.45) is 23.7 Å². The smallest absolute Gasteiger partial charge is 0.0851 e. The molecule has 2 fully saturated rings. The van der Waals surface area contributed by atoms with Crippen LogP contribution < -0.4 is 0 Å². The van der Waals surface area contributed by atoms with E-state index in [4.69, 9.17) is 15.4 Å². The van der Waals surface area contributed by atoms with E-state index in [1.165, 1.54) is 32.1 Å². The molecule has 5 heteroatoms. The third-order valence-corrected chi connectivity index (χ3v) is 6.98. The zero-order valence-corrected chi connectivity index (χ0v) is 17.2. The Morgan fingerprint density at radius 2 is 2.04 bits per heavy atom. The lowest BCUT2D eigenvalue weighted by Crippen LogP contribution is -2.27. The number of allylic oxidation sites excluding steroid dienone is 1. The first-order valence-electron chi connectivity index (χ1n) is 10.1. The van der Waals surface area contributed by atoms with Crippen LogP contribution in [0, 0.1) is 23.7 Å². The summed E-state index contributed by atoms with van der Waals surface area (Å²) in [4.78, 5) is 0. The topological polar surface area (TPSA) is 38.7 Å². The molecular formula is C19H36O3P2. The predicted molar refractivity (Wildman–Crippen MR) is 107 cm³/mol. The van der Waals surface area contributed by atoms with Gasteiger partial charge in [0.15, 0.2) is 0 Å². The van der Waals surface area contributed by atoms with Gasteiger partial charge in [0.05, 0.1) is 20.1 Å². The molecule has 0 aromatic heterocycles. The molecule has 0 aliphatic heterocycles.